The van der Waals surface area contributed by atoms with Gasteiger partial charge in [-0.25, -0.2) is 0 Å². The van der Waals surface area contributed by atoms with Crippen LogP contribution in [0.4, 0.5) is 5.69 Å². The number of carbonyl (C=O) groups excluding carboxylic acids is 1. The highest BCUT2D eigenvalue weighted by atomic mass is 16.5. The molecule has 3 aromatic heterocycles. The molecular formula is C23H21N7O2. The van der Waals surface area contributed by atoms with E-state index in [2.05, 4.69) is 25.6 Å². The molecule has 0 radical (unpaired) electrons. The van der Waals surface area contributed by atoms with E-state index in [1.807, 2.05) is 47.4 Å². The molecule has 0 saturated carbocycles. The number of amides is 1. The molecule has 2 aromatic carbocycles. The third-order valence-corrected chi connectivity index (χ3v) is 5.26. The molecule has 0 atom stereocenters. The van der Waals surface area contributed by atoms with Crippen molar-refractivity contribution in [2.24, 2.45) is 0 Å². The van der Waals surface area contributed by atoms with Crippen molar-refractivity contribution in [1.29, 1.82) is 0 Å². The van der Waals surface area contributed by atoms with Crippen LogP contribution < -0.4 is 10.1 Å². The average molecular weight is 427 g/mol. The smallest absolute Gasteiger partial charge is 0.258 e. The third kappa shape index (κ3) is 3.83. The van der Waals surface area contributed by atoms with Gasteiger partial charge in [-0.15, -0.1) is 0 Å². The summed E-state index contributed by atoms with van der Waals surface area (Å²) in [5.74, 6) is 0.578. The molecule has 1 amide bonds. The fourth-order valence-corrected chi connectivity index (χ4v) is 3.66. The van der Waals surface area contributed by atoms with Crippen molar-refractivity contribution in [3.8, 4) is 11.4 Å². The largest absolute Gasteiger partial charge is 0.497 e. The summed E-state index contributed by atoms with van der Waals surface area (Å²) in [6.45, 7) is 0.674. The maximum Gasteiger partial charge on any atom is 0.258 e. The third-order valence-electron chi connectivity index (χ3n) is 5.26. The van der Waals surface area contributed by atoms with Crippen molar-refractivity contribution in [1.82, 2.24) is 29.8 Å². The Balaban J connectivity index is 1.28. The number of rotatable bonds is 7. The van der Waals surface area contributed by atoms with Crippen molar-refractivity contribution in [2.45, 2.75) is 13.0 Å². The number of methoxy groups -OCH3 is 1. The predicted octanol–water partition coefficient (Wildman–Crippen LogP) is 3.45. The number of fused-ring (bicyclic) bond motifs is 1. The summed E-state index contributed by atoms with van der Waals surface area (Å²) in [6.07, 6.45) is 9.41. The number of carbonyl (C=O) groups is 1. The van der Waals surface area contributed by atoms with Gasteiger partial charge in [-0.3, -0.25) is 9.48 Å². The van der Waals surface area contributed by atoms with E-state index in [1.54, 1.807) is 37.8 Å². The van der Waals surface area contributed by atoms with Crippen LogP contribution in [0.25, 0.3) is 16.6 Å². The lowest BCUT2D eigenvalue weighted by atomic mass is 10.1. The summed E-state index contributed by atoms with van der Waals surface area (Å²) in [6, 6.07) is 13.2. The molecule has 0 unspecified atom stereocenters. The quantitative estimate of drug-likeness (QED) is 0.414. The van der Waals surface area contributed by atoms with Gasteiger partial charge < -0.3 is 15.0 Å². The fraction of sp³-hybridized carbons (Fsp3) is 0.130. The topological polar surface area (TPSA) is 103 Å². The molecule has 32 heavy (non-hydrogen) atoms. The molecule has 5 aromatic rings. The van der Waals surface area contributed by atoms with Gasteiger partial charge >= 0.3 is 0 Å². The molecule has 160 valence electrons. The van der Waals surface area contributed by atoms with Crippen molar-refractivity contribution >= 4 is 22.5 Å². The molecular weight excluding hydrogens is 406 g/mol. The standard InChI is InChI=1S/C23H21N7O2/c1-32-18-6-7-21-20(12-18)16(13-24-21)8-11-29-15-17(14-27-29)28-23(31)19-4-2-3-5-22(19)30-25-9-10-26-30/h2-7,9-10,12-15,24H,8,11H2,1H3,(H,28,31). The van der Waals surface area contributed by atoms with Crippen LogP contribution in [0, 0.1) is 0 Å². The molecule has 2 N–H and O–H groups in total. The van der Waals surface area contributed by atoms with Crippen LogP contribution in [-0.2, 0) is 13.0 Å². The minimum Gasteiger partial charge on any atom is -0.497 e. The van der Waals surface area contributed by atoms with E-state index < -0.39 is 0 Å². The van der Waals surface area contributed by atoms with Gasteiger partial charge in [-0.1, -0.05) is 12.1 Å². The van der Waals surface area contributed by atoms with Crippen molar-refractivity contribution in [3.63, 3.8) is 0 Å². The molecule has 9 nitrogen and oxygen atoms in total. The molecule has 0 saturated heterocycles. The van der Waals surface area contributed by atoms with E-state index in [-0.39, 0.29) is 5.91 Å². The normalized spacial score (nSPS) is 11.0. The number of para-hydroxylation sites is 1. The molecule has 0 fully saturated rings. The van der Waals surface area contributed by atoms with Crippen LogP contribution in [0.15, 0.2) is 73.4 Å². The Morgan fingerprint density at radius 3 is 2.81 bits per heavy atom. The van der Waals surface area contributed by atoms with Crippen LogP contribution in [0.5, 0.6) is 5.75 Å². The van der Waals surface area contributed by atoms with E-state index in [4.69, 9.17) is 4.74 Å². The first-order valence-corrected chi connectivity index (χ1v) is 10.1. The second-order valence-electron chi connectivity index (χ2n) is 7.26. The highest BCUT2D eigenvalue weighted by Gasteiger charge is 2.14. The molecule has 0 bridgehead atoms. The van der Waals surface area contributed by atoms with Gasteiger partial charge in [0.2, 0.25) is 0 Å². The van der Waals surface area contributed by atoms with E-state index in [9.17, 15) is 4.79 Å². The summed E-state index contributed by atoms with van der Waals surface area (Å²) in [4.78, 5) is 17.6. The number of benzene rings is 2. The Bertz CT molecular complexity index is 1370. The van der Waals surface area contributed by atoms with Gasteiger partial charge in [0.25, 0.3) is 5.91 Å². The lowest BCUT2D eigenvalue weighted by Crippen LogP contribution is -2.15. The minimum absolute atomic E-state index is 0.249. The Morgan fingerprint density at radius 1 is 1.12 bits per heavy atom. The maximum absolute atomic E-state index is 12.9. The predicted molar refractivity (Wildman–Crippen MR) is 120 cm³/mol. The number of ether oxygens (including phenoxy) is 1. The zero-order chi connectivity index (χ0) is 21.9. The van der Waals surface area contributed by atoms with E-state index in [0.717, 1.165) is 23.1 Å². The van der Waals surface area contributed by atoms with Gasteiger partial charge in [-0.05, 0) is 42.3 Å². The van der Waals surface area contributed by atoms with Crippen LogP contribution >= 0.6 is 0 Å². The molecule has 0 aliphatic heterocycles. The van der Waals surface area contributed by atoms with Gasteiger partial charge in [0.05, 0.1) is 42.6 Å². The van der Waals surface area contributed by atoms with Crippen molar-refractivity contribution < 1.29 is 9.53 Å². The summed E-state index contributed by atoms with van der Waals surface area (Å²) in [5, 5.41) is 16.7. The van der Waals surface area contributed by atoms with Crippen LogP contribution in [0.1, 0.15) is 15.9 Å². The molecule has 0 aliphatic carbocycles. The molecule has 0 spiro atoms. The fourth-order valence-electron chi connectivity index (χ4n) is 3.66. The number of nitrogens with one attached hydrogen (secondary N) is 2. The minimum atomic E-state index is -0.249. The molecule has 9 heteroatoms. The lowest BCUT2D eigenvalue weighted by molar-refractivity contribution is 0.102. The number of aromatic nitrogens is 6. The van der Waals surface area contributed by atoms with Crippen LogP contribution in [0.3, 0.4) is 0 Å². The van der Waals surface area contributed by atoms with E-state index >= 15 is 0 Å². The van der Waals surface area contributed by atoms with Crippen molar-refractivity contribution in [3.05, 3.63) is 84.6 Å². The SMILES string of the molecule is COc1ccc2[nH]cc(CCn3cc(NC(=O)c4ccccc4-n4nccn4)cn3)c2c1. The Hall–Kier alpha value is -4.40. The first-order chi connectivity index (χ1) is 15.7. The maximum atomic E-state index is 12.9. The van der Waals surface area contributed by atoms with Gasteiger partial charge in [0.15, 0.2) is 0 Å². The summed E-state index contributed by atoms with van der Waals surface area (Å²) in [7, 11) is 1.66. The van der Waals surface area contributed by atoms with Crippen LogP contribution in [0.2, 0.25) is 0 Å². The van der Waals surface area contributed by atoms with Gasteiger partial charge in [0.1, 0.15) is 5.75 Å². The first-order valence-electron chi connectivity index (χ1n) is 10.1. The zero-order valence-corrected chi connectivity index (χ0v) is 17.4. The Labute approximate surface area is 183 Å². The molecule has 5 rings (SSSR count). The summed E-state index contributed by atoms with van der Waals surface area (Å²) >= 11 is 0. The number of hydrogen-bond donors (Lipinski definition) is 2. The highest BCUT2D eigenvalue weighted by Crippen LogP contribution is 2.24. The lowest BCUT2D eigenvalue weighted by Gasteiger charge is -2.08. The second kappa shape index (κ2) is 8.38. The van der Waals surface area contributed by atoms with E-state index in [1.165, 1.54) is 10.4 Å². The first kappa shape index (κ1) is 19.6. The number of anilines is 1. The van der Waals surface area contributed by atoms with Crippen LogP contribution in [-0.4, -0.2) is 42.8 Å². The molecule has 3 heterocycles. The van der Waals surface area contributed by atoms with Gasteiger partial charge in [0, 0.05) is 29.8 Å². The van der Waals surface area contributed by atoms with Crippen molar-refractivity contribution in [2.75, 3.05) is 12.4 Å². The number of aryl methyl sites for hydroxylation is 2. The Kier molecular flexibility index (Phi) is 5.12. The summed E-state index contributed by atoms with van der Waals surface area (Å²) in [5.41, 5.74) is 3.96. The van der Waals surface area contributed by atoms with Gasteiger partial charge in [-0.2, -0.15) is 20.1 Å². The molecule has 0 aliphatic rings. The summed E-state index contributed by atoms with van der Waals surface area (Å²) < 4.78 is 7.15. The second-order valence-corrected chi connectivity index (χ2v) is 7.26. The van der Waals surface area contributed by atoms with E-state index in [0.29, 0.717) is 23.5 Å². The zero-order valence-electron chi connectivity index (χ0n) is 17.4. The number of hydrogen-bond acceptors (Lipinski definition) is 5. The Morgan fingerprint density at radius 2 is 1.97 bits per heavy atom. The number of nitrogens with zero attached hydrogens (tertiary/aromatic N) is 5. The highest BCUT2D eigenvalue weighted by molar-refractivity contribution is 6.06. The number of aromatic amines is 1. The average Bonchev–Trinajstić information content (AvgIpc) is 3.58. The number of H-pyrrole nitrogens is 1. The monoisotopic (exact) mass is 427 g/mol.